The van der Waals surface area contributed by atoms with Gasteiger partial charge in [-0.2, -0.15) is 0 Å². The highest BCUT2D eigenvalue weighted by atomic mass is 16.2. The molecule has 0 heterocycles. The number of nitrogens with one attached hydrogen (secondary N) is 2. The highest BCUT2D eigenvalue weighted by Gasteiger charge is 2.30. The van der Waals surface area contributed by atoms with Crippen LogP contribution in [0.1, 0.15) is 58.4 Å². The fourth-order valence-corrected chi connectivity index (χ4v) is 3.58. The number of benzene rings is 1. The summed E-state index contributed by atoms with van der Waals surface area (Å²) in [5.41, 5.74) is 1.20. The number of hydrogen-bond donors (Lipinski definition) is 2. The van der Waals surface area contributed by atoms with Gasteiger partial charge in [-0.05, 0) is 49.5 Å². The topological polar surface area (TPSA) is 58.2 Å². The third-order valence-electron chi connectivity index (χ3n) is 5.74. The Kier molecular flexibility index (Phi) is 8.14. The molecule has 0 bridgehead atoms. The Morgan fingerprint density at radius 3 is 2.38 bits per heavy atom. The van der Waals surface area contributed by atoms with E-state index >= 15 is 0 Å². The van der Waals surface area contributed by atoms with E-state index in [9.17, 15) is 9.59 Å². The molecule has 2 amide bonds. The van der Waals surface area contributed by atoms with Crippen LogP contribution >= 0.6 is 0 Å². The highest BCUT2D eigenvalue weighted by Crippen LogP contribution is 2.28. The van der Waals surface area contributed by atoms with Crippen LogP contribution in [0.5, 0.6) is 0 Å². The average Bonchev–Trinajstić information content (AvgIpc) is 2.66. The molecule has 0 aromatic heterocycles. The molecule has 2 atom stereocenters. The molecule has 1 saturated carbocycles. The van der Waals surface area contributed by atoms with Crippen LogP contribution < -0.4 is 10.6 Å². The van der Waals surface area contributed by atoms with Crippen molar-refractivity contribution in [3.63, 3.8) is 0 Å². The maximum atomic E-state index is 12.7. The van der Waals surface area contributed by atoms with Crippen molar-refractivity contribution in [2.24, 2.45) is 17.8 Å². The largest absolute Gasteiger partial charge is 0.354 e. The van der Waals surface area contributed by atoms with Gasteiger partial charge >= 0.3 is 0 Å². The summed E-state index contributed by atoms with van der Waals surface area (Å²) in [6.07, 6.45) is 5.75. The Labute approximate surface area is 158 Å². The van der Waals surface area contributed by atoms with Gasteiger partial charge in [0.05, 0.1) is 0 Å². The molecule has 0 spiro atoms. The molecule has 1 aromatic carbocycles. The second-order valence-corrected chi connectivity index (χ2v) is 7.86. The zero-order valence-electron chi connectivity index (χ0n) is 16.5. The summed E-state index contributed by atoms with van der Waals surface area (Å²) < 4.78 is 0. The first-order valence-corrected chi connectivity index (χ1v) is 10.1. The van der Waals surface area contributed by atoms with Gasteiger partial charge in [0, 0.05) is 12.5 Å². The highest BCUT2D eigenvalue weighted by molar-refractivity contribution is 5.88. The maximum Gasteiger partial charge on any atom is 0.242 e. The molecule has 0 unspecified atom stereocenters. The monoisotopic (exact) mass is 358 g/mol. The van der Waals surface area contributed by atoms with E-state index in [1.165, 1.54) is 5.56 Å². The zero-order valence-corrected chi connectivity index (χ0v) is 16.5. The molecular formula is C22H34N2O2. The summed E-state index contributed by atoms with van der Waals surface area (Å²) in [7, 11) is 0. The number of amides is 2. The molecule has 1 aliphatic carbocycles. The first kappa shape index (κ1) is 20.5. The third kappa shape index (κ3) is 6.15. The molecule has 1 aliphatic rings. The van der Waals surface area contributed by atoms with Crippen LogP contribution in [0.3, 0.4) is 0 Å². The van der Waals surface area contributed by atoms with Gasteiger partial charge in [-0.3, -0.25) is 9.59 Å². The summed E-state index contributed by atoms with van der Waals surface area (Å²) in [4.78, 5) is 25.3. The van der Waals surface area contributed by atoms with Gasteiger partial charge < -0.3 is 10.6 Å². The van der Waals surface area contributed by atoms with Gasteiger partial charge in [0.2, 0.25) is 11.8 Å². The summed E-state index contributed by atoms with van der Waals surface area (Å²) >= 11 is 0. The second kappa shape index (κ2) is 10.3. The predicted molar refractivity (Wildman–Crippen MR) is 106 cm³/mol. The molecule has 26 heavy (non-hydrogen) atoms. The number of hydrogen-bond acceptors (Lipinski definition) is 2. The lowest BCUT2D eigenvalue weighted by atomic mass is 9.82. The van der Waals surface area contributed by atoms with E-state index in [4.69, 9.17) is 0 Å². The average molecular weight is 359 g/mol. The molecule has 4 heteroatoms. The normalized spacial score (nSPS) is 22.3. The van der Waals surface area contributed by atoms with Gasteiger partial charge in [-0.25, -0.2) is 0 Å². The lowest BCUT2D eigenvalue weighted by Gasteiger charge is -2.29. The fourth-order valence-electron chi connectivity index (χ4n) is 3.58. The second-order valence-electron chi connectivity index (χ2n) is 7.86. The lowest BCUT2D eigenvalue weighted by Crippen LogP contribution is -2.52. The molecule has 144 valence electrons. The van der Waals surface area contributed by atoms with Gasteiger partial charge in [-0.15, -0.1) is 0 Å². The molecule has 2 rings (SSSR count). The molecule has 0 radical (unpaired) electrons. The van der Waals surface area contributed by atoms with Crippen molar-refractivity contribution >= 4 is 11.8 Å². The van der Waals surface area contributed by atoms with Crippen molar-refractivity contribution in [3.05, 3.63) is 35.9 Å². The first-order valence-electron chi connectivity index (χ1n) is 10.1. The number of carbonyl (C=O) groups excluding carboxylic acids is 2. The minimum atomic E-state index is -0.442. The molecule has 1 aromatic rings. The smallest absolute Gasteiger partial charge is 0.242 e. The lowest BCUT2D eigenvalue weighted by molar-refractivity contribution is -0.133. The molecule has 4 nitrogen and oxygen atoms in total. The van der Waals surface area contributed by atoms with Crippen molar-refractivity contribution in [1.82, 2.24) is 10.6 Å². The van der Waals surface area contributed by atoms with Crippen LogP contribution in [0, 0.1) is 17.8 Å². The summed E-state index contributed by atoms with van der Waals surface area (Å²) in [5.74, 6) is 0.895. The summed E-state index contributed by atoms with van der Waals surface area (Å²) in [5, 5.41) is 6.06. The van der Waals surface area contributed by atoms with Crippen LogP contribution in [0.4, 0.5) is 0 Å². The van der Waals surface area contributed by atoms with E-state index in [-0.39, 0.29) is 23.7 Å². The maximum absolute atomic E-state index is 12.7. The minimum absolute atomic E-state index is 0.0559. The van der Waals surface area contributed by atoms with Crippen LogP contribution in [0.2, 0.25) is 0 Å². The standard InChI is InChI=1S/C22H34N2O2/c1-4-17(3)20(24-21(25)19-12-10-16(2)11-13-19)22(26)23-15-14-18-8-6-5-7-9-18/h5-9,16-17,19-20H,4,10-15H2,1-3H3,(H,23,26)(H,24,25)/t16?,17-,19?,20+/m1/s1. The molecule has 0 aliphatic heterocycles. The van der Waals surface area contributed by atoms with E-state index in [0.29, 0.717) is 12.5 Å². The van der Waals surface area contributed by atoms with Crippen molar-refractivity contribution < 1.29 is 9.59 Å². The van der Waals surface area contributed by atoms with Crippen LogP contribution in [0.15, 0.2) is 30.3 Å². The van der Waals surface area contributed by atoms with Crippen molar-refractivity contribution in [1.29, 1.82) is 0 Å². The van der Waals surface area contributed by atoms with Crippen LogP contribution in [0.25, 0.3) is 0 Å². The Morgan fingerprint density at radius 1 is 1.12 bits per heavy atom. The van der Waals surface area contributed by atoms with Gasteiger partial charge in [0.15, 0.2) is 0 Å². The summed E-state index contributed by atoms with van der Waals surface area (Å²) in [6, 6.07) is 9.67. The van der Waals surface area contributed by atoms with Crippen LogP contribution in [-0.4, -0.2) is 24.4 Å². The Balaban J connectivity index is 1.86. The van der Waals surface area contributed by atoms with E-state index in [0.717, 1.165) is 38.5 Å². The van der Waals surface area contributed by atoms with E-state index in [1.54, 1.807) is 0 Å². The Morgan fingerprint density at radius 2 is 1.77 bits per heavy atom. The number of carbonyl (C=O) groups is 2. The summed E-state index contributed by atoms with van der Waals surface area (Å²) in [6.45, 7) is 6.93. The molecule has 0 saturated heterocycles. The van der Waals surface area contributed by atoms with Crippen molar-refractivity contribution in [3.8, 4) is 0 Å². The molecule has 2 N–H and O–H groups in total. The minimum Gasteiger partial charge on any atom is -0.354 e. The van der Waals surface area contributed by atoms with E-state index in [2.05, 4.69) is 36.6 Å². The molecular weight excluding hydrogens is 324 g/mol. The van der Waals surface area contributed by atoms with Gasteiger partial charge in [0.25, 0.3) is 0 Å². The quantitative estimate of drug-likeness (QED) is 0.744. The van der Waals surface area contributed by atoms with Crippen molar-refractivity contribution in [2.45, 2.75) is 65.3 Å². The first-order chi connectivity index (χ1) is 12.5. The van der Waals surface area contributed by atoms with Crippen molar-refractivity contribution in [2.75, 3.05) is 6.54 Å². The zero-order chi connectivity index (χ0) is 18.9. The van der Waals surface area contributed by atoms with Gasteiger partial charge in [0.1, 0.15) is 6.04 Å². The van der Waals surface area contributed by atoms with Gasteiger partial charge in [-0.1, -0.05) is 57.5 Å². The van der Waals surface area contributed by atoms with E-state index in [1.807, 2.05) is 25.1 Å². The predicted octanol–water partition coefficient (Wildman–Crippen LogP) is 3.70. The third-order valence-corrected chi connectivity index (χ3v) is 5.74. The Hall–Kier alpha value is -1.84. The SMILES string of the molecule is CC[C@@H](C)[C@H](NC(=O)C1CCC(C)CC1)C(=O)NCCc1ccccc1. The Bertz CT molecular complexity index is 565. The fraction of sp³-hybridized carbons (Fsp3) is 0.636. The molecule has 1 fully saturated rings. The number of rotatable bonds is 8. The van der Waals surface area contributed by atoms with Crippen LogP contribution in [-0.2, 0) is 16.0 Å². The van der Waals surface area contributed by atoms with E-state index < -0.39 is 6.04 Å².